The number of halogens is 1. The summed E-state index contributed by atoms with van der Waals surface area (Å²) in [5, 5.41) is 3.02. The van der Waals surface area contributed by atoms with E-state index in [0.717, 1.165) is 12.8 Å². The van der Waals surface area contributed by atoms with Crippen molar-refractivity contribution in [2.75, 3.05) is 13.1 Å². The molecule has 2 bridgehead atoms. The van der Waals surface area contributed by atoms with Crippen molar-refractivity contribution in [2.45, 2.75) is 37.8 Å². The molecule has 2 saturated heterocycles. The quantitative estimate of drug-likeness (QED) is 0.515. The zero-order chi connectivity index (χ0) is 24.9. The molecule has 6 rings (SSSR count). The van der Waals surface area contributed by atoms with Crippen LogP contribution in [0.3, 0.4) is 0 Å². The molecule has 0 unspecified atom stereocenters. The van der Waals surface area contributed by atoms with Gasteiger partial charge in [-0.15, -0.1) is 0 Å². The molecule has 0 spiro atoms. The van der Waals surface area contributed by atoms with Crippen molar-refractivity contribution in [1.29, 1.82) is 0 Å². The lowest BCUT2D eigenvalue weighted by Crippen LogP contribution is -2.54. The minimum absolute atomic E-state index is 0.0576. The molecule has 4 aliphatic rings. The number of hydrogen-bond acceptors (Lipinski definition) is 4. The van der Waals surface area contributed by atoms with Gasteiger partial charge in [0, 0.05) is 37.0 Å². The number of amides is 4. The number of rotatable bonds is 5. The maximum Gasteiger partial charge on any atom is 0.325 e. The van der Waals surface area contributed by atoms with E-state index < -0.39 is 11.6 Å². The van der Waals surface area contributed by atoms with Gasteiger partial charge in [0.1, 0.15) is 5.82 Å². The molecule has 1 aromatic carbocycles. The van der Waals surface area contributed by atoms with Gasteiger partial charge in [0.25, 0.3) is 5.91 Å². The number of pyridine rings is 1. The van der Waals surface area contributed by atoms with E-state index >= 15 is 0 Å². The molecule has 3 heterocycles. The van der Waals surface area contributed by atoms with Crippen LogP contribution in [-0.2, 0) is 21.7 Å². The molecular weight excluding hydrogens is 459 g/mol. The Hall–Kier alpha value is -3.55. The molecule has 1 aromatic heterocycles. The number of allylic oxidation sites excluding steroid dienone is 2. The second kappa shape index (κ2) is 8.84. The van der Waals surface area contributed by atoms with Gasteiger partial charge in [0.05, 0.1) is 6.54 Å². The highest BCUT2D eigenvalue weighted by Gasteiger charge is 2.57. The van der Waals surface area contributed by atoms with E-state index in [1.165, 1.54) is 17.0 Å². The van der Waals surface area contributed by atoms with E-state index in [9.17, 15) is 18.8 Å². The number of carbonyl (C=O) groups is 3. The van der Waals surface area contributed by atoms with Crippen LogP contribution in [0.4, 0.5) is 9.18 Å². The monoisotopic (exact) mass is 488 g/mol. The van der Waals surface area contributed by atoms with Gasteiger partial charge in [-0.25, -0.2) is 9.18 Å². The van der Waals surface area contributed by atoms with Crippen LogP contribution in [-0.4, -0.2) is 45.7 Å². The zero-order valence-electron chi connectivity index (χ0n) is 20.0. The molecular formula is C28H29FN4O3. The fourth-order valence-electron chi connectivity index (χ4n) is 6.65. The normalized spacial score (nSPS) is 29.8. The number of piperidine rings is 1. The van der Waals surface area contributed by atoms with Crippen molar-refractivity contribution in [3.63, 3.8) is 0 Å². The first-order valence-electron chi connectivity index (χ1n) is 12.7. The molecule has 2 aliphatic heterocycles. The summed E-state index contributed by atoms with van der Waals surface area (Å²) < 4.78 is 13.4. The molecule has 1 N–H and O–H groups in total. The van der Waals surface area contributed by atoms with E-state index in [4.69, 9.17) is 0 Å². The van der Waals surface area contributed by atoms with Crippen LogP contribution >= 0.6 is 0 Å². The van der Waals surface area contributed by atoms with E-state index in [1.807, 2.05) is 11.0 Å². The predicted molar refractivity (Wildman–Crippen MR) is 130 cm³/mol. The Balaban J connectivity index is 1.23. The topological polar surface area (TPSA) is 82.6 Å². The summed E-state index contributed by atoms with van der Waals surface area (Å²) in [6, 6.07) is 8.91. The average Bonchev–Trinajstić information content (AvgIpc) is 3.61. The first-order valence-corrected chi connectivity index (χ1v) is 12.7. The van der Waals surface area contributed by atoms with Crippen molar-refractivity contribution >= 4 is 17.8 Å². The molecule has 7 nitrogen and oxygen atoms in total. The van der Waals surface area contributed by atoms with Gasteiger partial charge in [0.2, 0.25) is 5.91 Å². The Labute approximate surface area is 209 Å². The third-order valence-electron chi connectivity index (χ3n) is 8.52. The van der Waals surface area contributed by atoms with Crippen LogP contribution in [0.2, 0.25) is 0 Å². The smallest absolute Gasteiger partial charge is 0.325 e. The zero-order valence-corrected chi connectivity index (χ0v) is 20.0. The molecule has 1 saturated carbocycles. The van der Waals surface area contributed by atoms with E-state index in [1.54, 1.807) is 30.6 Å². The van der Waals surface area contributed by atoms with Crippen LogP contribution < -0.4 is 5.32 Å². The van der Waals surface area contributed by atoms with Crippen LogP contribution in [0.5, 0.6) is 0 Å². The number of benzene rings is 1. The second-order valence-corrected chi connectivity index (χ2v) is 10.5. The van der Waals surface area contributed by atoms with Gasteiger partial charge in [-0.3, -0.25) is 19.5 Å². The average molecular weight is 489 g/mol. The van der Waals surface area contributed by atoms with Crippen molar-refractivity contribution < 1.29 is 18.8 Å². The fraction of sp³-hybridized carbons (Fsp3) is 0.429. The van der Waals surface area contributed by atoms with Gasteiger partial charge in [-0.1, -0.05) is 30.4 Å². The molecule has 36 heavy (non-hydrogen) atoms. The minimum Gasteiger partial charge on any atom is -0.342 e. The predicted octanol–water partition coefficient (Wildman–Crippen LogP) is 3.62. The number of aromatic nitrogens is 1. The lowest BCUT2D eigenvalue weighted by atomic mass is 9.73. The van der Waals surface area contributed by atoms with Crippen LogP contribution in [0.1, 0.15) is 36.8 Å². The van der Waals surface area contributed by atoms with Crippen molar-refractivity contribution in [2.24, 2.45) is 23.7 Å². The number of urea groups is 1. The second-order valence-electron chi connectivity index (χ2n) is 10.5. The van der Waals surface area contributed by atoms with Crippen molar-refractivity contribution in [3.8, 4) is 0 Å². The highest BCUT2D eigenvalue weighted by molar-refractivity contribution is 6.07. The van der Waals surface area contributed by atoms with Crippen molar-refractivity contribution in [1.82, 2.24) is 20.1 Å². The third kappa shape index (κ3) is 3.70. The molecule has 186 valence electrons. The number of nitrogens with zero attached hydrogens (tertiary/aromatic N) is 3. The highest BCUT2D eigenvalue weighted by atomic mass is 19.1. The summed E-state index contributed by atoms with van der Waals surface area (Å²) in [5.41, 5.74) is 0.0746. The summed E-state index contributed by atoms with van der Waals surface area (Å²) in [7, 11) is 0. The van der Waals surface area contributed by atoms with E-state index in [-0.39, 0.29) is 36.0 Å². The first-order chi connectivity index (χ1) is 17.5. The standard InChI is InChI=1S/C28H29FN4O3/c29-23-7-4-18(5-8-23)17-33-26(35)28(31-27(33)36,22-2-1-11-30-16-22)21-9-12-32(13-10-21)25(34)24-15-19-3-6-20(24)14-19/h1-8,11,16,19-21,24H,9-10,12-15,17H2,(H,31,36)/t19-,20+,24+,28+/m1/s1. The van der Waals surface area contributed by atoms with Gasteiger partial charge in [-0.05, 0) is 67.2 Å². The third-order valence-corrected chi connectivity index (χ3v) is 8.52. The first kappa shape index (κ1) is 22.9. The van der Waals surface area contributed by atoms with Gasteiger partial charge < -0.3 is 10.2 Å². The fourth-order valence-corrected chi connectivity index (χ4v) is 6.65. The molecule has 3 fully saturated rings. The SMILES string of the molecule is O=C([C@H]1C[C@@H]2C=C[C@H]1C2)N1CCC([C@@]2(c3cccnc3)NC(=O)N(Cc3ccc(F)cc3)C2=O)CC1. The van der Waals surface area contributed by atoms with Gasteiger partial charge in [0.15, 0.2) is 5.54 Å². The molecule has 8 heteroatoms. The summed E-state index contributed by atoms with van der Waals surface area (Å²) in [4.78, 5) is 47.8. The lowest BCUT2D eigenvalue weighted by Gasteiger charge is -2.41. The molecule has 2 aliphatic carbocycles. The largest absolute Gasteiger partial charge is 0.342 e. The Morgan fingerprint density at radius 1 is 1.08 bits per heavy atom. The van der Waals surface area contributed by atoms with Crippen LogP contribution in [0, 0.1) is 29.5 Å². The molecule has 4 amide bonds. The Morgan fingerprint density at radius 3 is 2.50 bits per heavy atom. The van der Waals surface area contributed by atoms with E-state index in [2.05, 4.69) is 22.5 Å². The van der Waals surface area contributed by atoms with E-state index in [0.29, 0.717) is 48.9 Å². The summed E-state index contributed by atoms with van der Waals surface area (Å²) in [5.74, 6) is 0.311. The Kier molecular flexibility index (Phi) is 5.62. The summed E-state index contributed by atoms with van der Waals surface area (Å²) in [6.07, 6.45) is 10.9. The summed E-state index contributed by atoms with van der Waals surface area (Å²) >= 11 is 0. The molecule has 2 aromatic rings. The summed E-state index contributed by atoms with van der Waals surface area (Å²) in [6.45, 7) is 1.18. The van der Waals surface area contributed by atoms with Crippen molar-refractivity contribution in [3.05, 3.63) is 77.9 Å². The van der Waals surface area contributed by atoms with Crippen LogP contribution in [0.25, 0.3) is 0 Å². The minimum atomic E-state index is -1.24. The van der Waals surface area contributed by atoms with Gasteiger partial charge >= 0.3 is 6.03 Å². The van der Waals surface area contributed by atoms with Gasteiger partial charge in [-0.2, -0.15) is 0 Å². The number of likely N-dealkylation sites (tertiary alicyclic amines) is 1. The van der Waals surface area contributed by atoms with Crippen LogP contribution in [0.15, 0.2) is 60.9 Å². The maximum atomic E-state index is 14.0. The number of carbonyl (C=O) groups excluding carboxylic acids is 3. The number of imide groups is 1. The molecule has 0 radical (unpaired) electrons. The number of nitrogens with one attached hydrogen (secondary N) is 1. The molecule has 4 atom stereocenters. The number of hydrogen-bond donors (Lipinski definition) is 1. The maximum absolute atomic E-state index is 14.0. The Morgan fingerprint density at radius 2 is 1.86 bits per heavy atom. The lowest BCUT2D eigenvalue weighted by molar-refractivity contribution is -0.139. The Bertz CT molecular complexity index is 1210. The number of fused-ring (bicyclic) bond motifs is 2. The highest BCUT2D eigenvalue weighted by Crippen LogP contribution is 2.46.